The summed E-state index contributed by atoms with van der Waals surface area (Å²) in [4.78, 5) is 4.67. The number of ether oxygens (including phenoxy) is 1. The number of nitrogens with zero attached hydrogens (tertiary/aromatic N) is 2. The second-order valence-electron chi connectivity index (χ2n) is 5.16. The van der Waals surface area contributed by atoms with E-state index in [1.165, 1.54) is 12.1 Å². The van der Waals surface area contributed by atoms with E-state index in [2.05, 4.69) is 11.1 Å². The molecule has 2 heterocycles. The highest BCUT2D eigenvalue weighted by Crippen LogP contribution is 2.32. The highest BCUT2D eigenvalue weighted by Gasteiger charge is 2.22. The lowest BCUT2D eigenvalue weighted by molar-refractivity contribution is 0.0844. The minimum absolute atomic E-state index is 0.324. The molecule has 1 aromatic carbocycles. The Morgan fingerprint density at radius 2 is 2.10 bits per heavy atom. The Morgan fingerprint density at radius 1 is 1.35 bits per heavy atom. The van der Waals surface area contributed by atoms with Crippen molar-refractivity contribution in [2.45, 2.75) is 25.7 Å². The molecule has 2 aromatic rings. The molecule has 0 amide bonds. The van der Waals surface area contributed by atoms with E-state index in [-0.39, 0.29) is 5.82 Å². The first-order valence-corrected chi connectivity index (χ1v) is 6.78. The number of rotatable bonds is 1. The molecule has 102 valence electrons. The van der Waals surface area contributed by atoms with Crippen molar-refractivity contribution in [1.82, 2.24) is 4.98 Å². The number of hydrogen-bond acceptors (Lipinski definition) is 3. The largest absolute Gasteiger partial charge is 0.381 e. The van der Waals surface area contributed by atoms with Gasteiger partial charge in [-0.05, 0) is 43.5 Å². The molecule has 1 aliphatic rings. The van der Waals surface area contributed by atoms with Crippen molar-refractivity contribution in [3.05, 3.63) is 40.8 Å². The SMILES string of the molecule is Cc1c(C2CCOCC2)nc2ccc(F)cc2c1C#N. The van der Waals surface area contributed by atoms with Gasteiger partial charge in [0.05, 0.1) is 11.1 Å². The molecule has 20 heavy (non-hydrogen) atoms. The molecular weight excluding hydrogens is 255 g/mol. The fraction of sp³-hybridized carbons (Fsp3) is 0.375. The van der Waals surface area contributed by atoms with E-state index in [0.29, 0.717) is 22.4 Å². The predicted octanol–water partition coefficient (Wildman–Crippen LogP) is 3.45. The first kappa shape index (κ1) is 13.0. The van der Waals surface area contributed by atoms with Crippen molar-refractivity contribution >= 4 is 10.9 Å². The van der Waals surface area contributed by atoms with Gasteiger partial charge in [-0.15, -0.1) is 0 Å². The summed E-state index contributed by atoms with van der Waals surface area (Å²) in [5.74, 6) is -0.0145. The Labute approximate surface area is 117 Å². The summed E-state index contributed by atoms with van der Waals surface area (Å²) in [5.41, 5.74) is 3.06. The van der Waals surface area contributed by atoms with Gasteiger partial charge in [-0.25, -0.2) is 4.39 Å². The Bertz CT molecular complexity index is 700. The molecule has 0 aliphatic carbocycles. The Kier molecular flexibility index (Phi) is 3.37. The van der Waals surface area contributed by atoms with Crippen molar-refractivity contribution in [1.29, 1.82) is 5.26 Å². The highest BCUT2D eigenvalue weighted by atomic mass is 19.1. The highest BCUT2D eigenvalue weighted by molar-refractivity contribution is 5.86. The van der Waals surface area contributed by atoms with Crippen LogP contribution in [0.3, 0.4) is 0 Å². The third-order valence-corrected chi connectivity index (χ3v) is 3.95. The van der Waals surface area contributed by atoms with E-state index in [4.69, 9.17) is 4.74 Å². The Balaban J connectivity index is 2.21. The molecule has 3 rings (SSSR count). The van der Waals surface area contributed by atoms with Gasteiger partial charge in [-0.2, -0.15) is 5.26 Å². The van der Waals surface area contributed by atoms with Crippen LogP contribution in [0.25, 0.3) is 10.9 Å². The van der Waals surface area contributed by atoms with Gasteiger partial charge in [0.1, 0.15) is 11.9 Å². The molecule has 1 aromatic heterocycles. The quantitative estimate of drug-likeness (QED) is 0.797. The summed E-state index contributed by atoms with van der Waals surface area (Å²) < 4.78 is 18.8. The monoisotopic (exact) mass is 270 g/mol. The summed E-state index contributed by atoms with van der Waals surface area (Å²) >= 11 is 0. The first-order valence-electron chi connectivity index (χ1n) is 6.78. The molecule has 1 fully saturated rings. The summed E-state index contributed by atoms with van der Waals surface area (Å²) in [6, 6.07) is 6.63. The smallest absolute Gasteiger partial charge is 0.124 e. The minimum atomic E-state index is -0.339. The van der Waals surface area contributed by atoms with E-state index >= 15 is 0 Å². The zero-order valence-electron chi connectivity index (χ0n) is 11.3. The van der Waals surface area contributed by atoms with Crippen LogP contribution >= 0.6 is 0 Å². The lowest BCUT2D eigenvalue weighted by atomic mass is 9.90. The van der Waals surface area contributed by atoms with Crippen LogP contribution in [-0.2, 0) is 4.74 Å². The maximum atomic E-state index is 13.4. The van der Waals surface area contributed by atoms with Crippen LogP contribution < -0.4 is 0 Å². The van der Waals surface area contributed by atoms with Gasteiger partial charge in [0.25, 0.3) is 0 Å². The molecule has 3 nitrogen and oxygen atoms in total. The molecule has 0 bridgehead atoms. The van der Waals surface area contributed by atoms with E-state index in [9.17, 15) is 9.65 Å². The average molecular weight is 270 g/mol. The summed E-state index contributed by atoms with van der Waals surface area (Å²) in [5, 5.41) is 10.0. The topological polar surface area (TPSA) is 45.9 Å². The number of nitriles is 1. The average Bonchev–Trinajstić information content (AvgIpc) is 2.48. The molecular formula is C16H15FN2O. The molecule has 1 saturated heterocycles. The van der Waals surface area contributed by atoms with Gasteiger partial charge in [0, 0.05) is 30.2 Å². The maximum Gasteiger partial charge on any atom is 0.124 e. The lowest BCUT2D eigenvalue weighted by Crippen LogP contribution is -2.16. The molecule has 0 atom stereocenters. The fourth-order valence-electron chi connectivity index (χ4n) is 2.86. The summed E-state index contributed by atoms with van der Waals surface area (Å²) in [7, 11) is 0. The zero-order chi connectivity index (χ0) is 14.1. The molecule has 0 N–H and O–H groups in total. The first-order chi connectivity index (χ1) is 9.70. The molecule has 0 radical (unpaired) electrons. The van der Waals surface area contributed by atoms with Crippen LogP contribution in [0.2, 0.25) is 0 Å². The third-order valence-electron chi connectivity index (χ3n) is 3.95. The van der Waals surface area contributed by atoms with Crippen molar-refractivity contribution in [3.63, 3.8) is 0 Å². The van der Waals surface area contributed by atoms with E-state index in [0.717, 1.165) is 37.3 Å². The minimum Gasteiger partial charge on any atom is -0.381 e. The molecule has 0 spiro atoms. The van der Waals surface area contributed by atoms with Gasteiger partial charge < -0.3 is 4.74 Å². The van der Waals surface area contributed by atoms with Crippen molar-refractivity contribution in [2.75, 3.05) is 13.2 Å². The fourth-order valence-corrected chi connectivity index (χ4v) is 2.86. The summed E-state index contributed by atoms with van der Waals surface area (Å²) in [6.07, 6.45) is 1.84. The van der Waals surface area contributed by atoms with Gasteiger partial charge in [-0.3, -0.25) is 4.98 Å². The second-order valence-corrected chi connectivity index (χ2v) is 5.16. The number of halogens is 1. The van der Waals surface area contributed by atoms with E-state index in [1.54, 1.807) is 6.07 Å². The maximum absolute atomic E-state index is 13.4. The summed E-state index contributed by atoms with van der Waals surface area (Å²) in [6.45, 7) is 3.37. The van der Waals surface area contributed by atoms with Crippen LogP contribution in [0.15, 0.2) is 18.2 Å². The number of pyridine rings is 1. The molecule has 4 heteroatoms. The van der Waals surface area contributed by atoms with Crippen LogP contribution in [0.1, 0.15) is 35.6 Å². The number of hydrogen-bond donors (Lipinski definition) is 0. The number of benzene rings is 1. The van der Waals surface area contributed by atoms with Crippen molar-refractivity contribution in [3.8, 4) is 6.07 Å². The Hall–Kier alpha value is -1.99. The van der Waals surface area contributed by atoms with Crippen LogP contribution in [0, 0.1) is 24.1 Å². The molecule has 1 aliphatic heterocycles. The molecule has 0 unspecified atom stereocenters. The van der Waals surface area contributed by atoms with Gasteiger partial charge >= 0.3 is 0 Å². The standard InChI is InChI=1S/C16H15FN2O/c1-10-14(9-18)13-8-12(17)2-3-15(13)19-16(10)11-4-6-20-7-5-11/h2-3,8,11H,4-7H2,1H3. The Morgan fingerprint density at radius 3 is 2.80 bits per heavy atom. The predicted molar refractivity (Wildman–Crippen MR) is 73.9 cm³/mol. The van der Waals surface area contributed by atoms with Gasteiger partial charge in [0.15, 0.2) is 0 Å². The van der Waals surface area contributed by atoms with Crippen molar-refractivity contribution < 1.29 is 9.13 Å². The second kappa shape index (κ2) is 5.18. The normalized spacial score (nSPS) is 16.2. The van der Waals surface area contributed by atoms with Crippen molar-refractivity contribution in [2.24, 2.45) is 0 Å². The lowest BCUT2D eigenvalue weighted by Gasteiger charge is -2.23. The van der Waals surface area contributed by atoms with Gasteiger partial charge in [-0.1, -0.05) is 0 Å². The number of aromatic nitrogens is 1. The van der Waals surface area contributed by atoms with E-state index < -0.39 is 0 Å². The molecule has 0 saturated carbocycles. The van der Waals surface area contributed by atoms with Crippen LogP contribution in [0.4, 0.5) is 4.39 Å². The third kappa shape index (κ3) is 2.14. The number of fused-ring (bicyclic) bond motifs is 1. The van der Waals surface area contributed by atoms with Crippen LogP contribution in [0.5, 0.6) is 0 Å². The zero-order valence-corrected chi connectivity index (χ0v) is 11.3. The van der Waals surface area contributed by atoms with E-state index in [1.807, 2.05) is 6.92 Å². The van der Waals surface area contributed by atoms with Crippen LogP contribution in [-0.4, -0.2) is 18.2 Å². The van der Waals surface area contributed by atoms with Gasteiger partial charge in [0.2, 0.25) is 0 Å².